The molecule has 0 spiro atoms. The van der Waals surface area contributed by atoms with Crippen LogP contribution in [0.5, 0.6) is 0 Å². The van der Waals surface area contributed by atoms with Crippen molar-refractivity contribution in [2.75, 3.05) is 5.88 Å². The molecule has 18 heavy (non-hydrogen) atoms. The minimum Gasteiger partial charge on any atom is -0.386 e. The predicted molar refractivity (Wildman–Crippen MR) is 75.3 cm³/mol. The molecule has 0 aliphatic heterocycles. The Balaban J connectivity index is 2.36. The van der Waals surface area contributed by atoms with E-state index in [1.54, 1.807) is 16.9 Å². The lowest BCUT2D eigenvalue weighted by atomic mass is 10.3. The van der Waals surface area contributed by atoms with Crippen LogP contribution in [0.4, 0.5) is 5.69 Å². The van der Waals surface area contributed by atoms with Gasteiger partial charge in [-0.15, -0.1) is 11.6 Å². The van der Waals surface area contributed by atoms with Crippen molar-refractivity contribution < 1.29 is 0 Å². The Morgan fingerprint density at radius 2 is 2.28 bits per heavy atom. The molecule has 0 bridgehead atoms. The maximum Gasteiger partial charge on any atom is 0.115 e. The summed E-state index contributed by atoms with van der Waals surface area (Å²) < 4.78 is 1.72. The summed E-state index contributed by atoms with van der Waals surface area (Å²) in [7, 11) is 0. The summed E-state index contributed by atoms with van der Waals surface area (Å²) in [5.74, 6) is 0.549. The second-order valence-corrected chi connectivity index (χ2v) is 4.51. The van der Waals surface area contributed by atoms with Gasteiger partial charge in [-0.25, -0.2) is 9.67 Å². The normalized spacial score (nSPS) is 11.8. The van der Waals surface area contributed by atoms with Crippen molar-refractivity contribution >= 4 is 34.7 Å². The molecule has 2 N–H and O–H groups in total. The average Bonchev–Trinajstić information content (AvgIpc) is 2.75. The number of rotatable bonds is 3. The maximum atomic E-state index is 6.20. The van der Waals surface area contributed by atoms with Gasteiger partial charge in [-0.2, -0.15) is 5.10 Å². The van der Waals surface area contributed by atoms with Gasteiger partial charge in [-0.05, 0) is 30.7 Å². The molecular formula is C12H12Cl2N4. The van der Waals surface area contributed by atoms with E-state index in [9.17, 15) is 0 Å². The Morgan fingerprint density at radius 1 is 1.50 bits per heavy atom. The second-order valence-electron chi connectivity index (χ2n) is 3.83. The largest absolute Gasteiger partial charge is 0.386 e. The van der Waals surface area contributed by atoms with Gasteiger partial charge in [0.05, 0.1) is 28.5 Å². The van der Waals surface area contributed by atoms with Crippen molar-refractivity contribution in [3.05, 3.63) is 41.2 Å². The molecule has 0 aliphatic rings. The lowest BCUT2D eigenvalue weighted by Gasteiger charge is -2.05. The molecule has 0 unspecified atom stereocenters. The fourth-order valence-electron chi connectivity index (χ4n) is 1.49. The molecule has 2 rings (SSSR count). The van der Waals surface area contributed by atoms with E-state index in [0.717, 1.165) is 11.3 Å². The number of aromatic nitrogens is 2. The van der Waals surface area contributed by atoms with Crippen molar-refractivity contribution in [2.45, 2.75) is 6.92 Å². The molecule has 94 valence electrons. The first-order valence-electron chi connectivity index (χ1n) is 5.30. The highest BCUT2D eigenvalue weighted by Crippen LogP contribution is 2.25. The third kappa shape index (κ3) is 2.83. The Kier molecular flexibility index (Phi) is 3.89. The number of aliphatic imine (C=N–C) groups is 1. The molecule has 0 saturated carbocycles. The lowest BCUT2D eigenvalue weighted by molar-refractivity contribution is 0.880. The van der Waals surface area contributed by atoms with E-state index in [2.05, 4.69) is 10.1 Å². The fourth-order valence-corrected chi connectivity index (χ4v) is 1.81. The van der Waals surface area contributed by atoms with Gasteiger partial charge in [0.2, 0.25) is 0 Å². The molecule has 1 aromatic heterocycles. The smallest absolute Gasteiger partial charge is 0.115 e. The van der Waals surface area contributed by atoms with E-state index in [1.165, 1.54) is 0 Å². The van der Waals surface area contributed by atoms with E-state index in [4.69, 9.17) is 28.9 Å². The van der Waals surface area contributed by atoms with Gasteiger partial charge in [-0.1, -0.05) is 11.6 Å². The van der Waals surface area contributed by atoms with E-state index in [0.29, 0.717) is 16.5 Å². The molecule has 0 atom stereocenters. The number of benzene rings is 1. The second kappa shape index (κ2) is 5.42. The molecule has 6 heteroatoms. The summed E-state index contributed by atoms with van der Waals surface area (Å²) in [5, 5.41) is 4.76. The van der Waals surface area contributed by atoms with Crippen molar-refractivity contribution in [1.82, 2.24) is 9.78 Å². The molecule has 2 aromatic rings. The fraction of sp³-hybridized carbons (Fsp3) is 0.167. The summed E-state index contributed by atoms with van der Waals surface area (Å²) in [4.78, 5) is 4.13. The molecule has 4 nitrogen and oxygen atoms in total. The van der Waals surface area contributed by atoms with Gasteiger partial charge in [0.25, 0.3) is 0 Å². The zero-order chi connectivity index (χ0) is 13.1. The van der Waals surface area contributed by atoms with Gasteiger partial charge >= 0.3 is 0 Å². The number of hydrogen-bond donors (Lipinski definition) is 1. The number of nitrogens with zero attached hydrogens (tertiary/aromatic N) is 3. The van der Waals surface area contributed by atoms with Crippen molar-refractivity contribution in [2.24, 2.45) is 10.7 Å². The van der Waals surface area contributed by atoms with Gasteiger partial charge in [0.15, 0.2) is 0 Å². The highest BCUT2D eigenvalue weighted by atomic mass is 35.5. The van der Waals surface area contributed by atoms with Crippen molar-refractivity contribution in [3.63, 3.8) is 0 Å². The number of halogens is 2. The molecule has 0 radical (unpaired) electrons. The van der Waals surface area contributed by atoms with E-state index >= 15 is 0 Å². The molecule has 1 heterocycles. The standard InChI is InChI=1S/C12H12Cl2N4/c1-8-6-16-18(7-8)11-3-2-9(4-10(11)14)17-12(15)5-13/h2-4,6-7H,5H2,1H3,(H2,15,17). The zero-order valence-electron chi connectivity index (χ0n) is 9.77. The monoisotopic (exact) mass is 282 g/mol. The quantitative estimate of drug-likeness (QED) is 0.534. The Morgan fingerprint density at radius 3 is 2.83 bits per heavy atom. The third-order valence-electron chi connectivity index (χ3n) is 2.30. The van der Waals surface area contributed by atoms with Crippen molar-refractivity contribution in [3.8, 4) is 5.69 Å². The van der Waals surface area contributed by atoms with E-state index in [-0.39, 0.29) is 5.88 Å². The first kappa shape index (κ1) is 12.9. The van der Waals surface area contributed by atoms with Gasteiger partial charge < -0.3 is 5.73 Å². The minimum absolute atomic E-state index is 0.192. The van der Waals surface area contributed by atoms with Crippen LogP contribution in [-0.4, -0.2) is 21.5 Å². The Hall–Kier alpha value is -1.52. The molecular weight excluding hydrogens is 271 g/mol. The zero-order valence-corrected chi connectivity index (χ0v) is 11.3. The number of alkyl halides is 1. The Labute approximate surface area is 115 Å². The van der Waals surface area contributed by atoms with Gasteiger partial charge in [0, 0.05) is 6.20 Å². The van der Waals surface area contributed by atoms with Crippen LogP contribution in [0.3, 0.4) is 0 Å². The van der Waals surface area contributed by atoms with Crippen LogP contribution in [0.15, 0.2) is 35.6 Å². The predicted octanol–water partition coefficient (Wildman–Crippen LogP) is 3.06. The summed E-state index contributed by atoms with van der Waals surface area (Å²) in [6.45, 7) is 1.97. The number of nitrogens with two attached hydrogens (primary N) is 1. The van der Waals surface area contributed by atoms with E-state index in [1.807, 2.05) is 25.3 Å². The summed E-state index contributed by atoms with van der Waals surface area (Å²) in [6, 6.07) is 5.39. The van der Waals surface area contributed by atoms with E-state index < -0.39 is 0 Å². The minimum atomic E-state index is 0.192. The summed E-state index contributed by atoms with van der Waals surface area (Å²) in [6.07, 6.45) is 3.67. The average molecular weight is 283 g/mol. The molecule has 1 aromatic carbocycles. The summed E-state index contributed by atoms with van der Waals surface area (Å²) >= 11 is 11.8. The topological polar surface area (TPSA) is 56.2 Å². The van der Waals surface area contributed by atoms with Crippen LogP contribution < -0.4 is 5.73 Å². The summed E-state index contributed by atoms with van der Waals surface area (Å²) in [5.41, 5.74) is 8.11. The molecule has 0 fully saturated rings. The Bertz CT molecular complexity index is 590. The highest BCUT2D eigenvalue weighted by molar-refractivity contribution is 6.32. The first-order chi connectivity index (χ1) is 8.60. The number of hydrogen-bond acceptors (Lipinski definition) is 2. The number of aryl methyl sites for hydroxylation is 1. The van der Waals surface area contributed by atoms with Crippen LogP contribution in [0.2, 0.25) is 5.02 Å². The number of amidine groups is 1. The third-order valence-corrected chi connectivity index (χ3v) is 2.88. The van der Waals surface area contributed by atoms with Crippen LogP contribution in [0.1, 0.15) is 5.56 Å². The van der Waals surface area contributed by atoms with Crippen LogP contribution in [0, 0.1) is 6.92 Å². The van der Waals surface area contributed by atoms with Gasteiger partial charge in [-0.3, -0.25) is 0 Å². The van der Waals surface area contributed by atoms with Crippen LogP contribution >= 0.6 is 23.2 Å². The van der Waals surface area contributed by atoms with Crippen molar-refractivity contribution in [1.29, 1.82) is 0 Å². The van der Waals surface area contributed by atoms with Crippen LogP contribution in [0.25, 0.3) is 5.69 Å². The van der Waals surface area contributed by atoms with Crippen LogP contribution in [-0.2, 0) is 0 Å². The SMILES string of the molecule is Cc1cnn(-c2ccc(N=C(N)CCl)cc2Cl)c1. The molecule has 0 amide bonds. The van der Waals surface area contributed by atoms with Gasteiger partial charge in [0.1, 0.15) is 5.84 Å². The first-order valence-corrected chi connectivity index (χ1v) is 6.21. The molecule has 0 aliphatic carbocycles. The maximum absolute atomic E-state index is 6.20. The lowest BCUT2D eigenvalue weighted by Crippen LogP contribution is -2.12. The molecule has 0 saturated heterocycles. The highest BCUT2D eigenvalue weighted by Gasteiger charge is 2.05.